The molecule has 0 fully saturated rings. The summed E-state index contributed by atoms with van der Waals surface area (Å²) in [5.74, 6) is 0.200. The fraction of sp³-hybridized carbons (Fsp3) is 0.333. The third kappa shape index (κ3) is 7.06. The first-order chi connectivity index (χ1) is 22.2. The highest BCUT2D eigenvalue weighted by Gasteiger charge is 2.45. The molecule has 0 unspecified atom stereocenters. The van der Waals surface area contributed by atoms with Gasteiger partial charge >= 0.3 is 0 Å². The van der Waals surface area contributed by atoms with Crippen LogP contribution in [-0.4, -0.2) is 48.1 Å². The number of halogens is 2. The Morgan fingerprint density at radius 3 is 2.54 bits per heavy atom. The van der Waals surface area contributed by atoms with Gasteiger partial charge in [0.1, 0.15) is 11.2 Å². The van der Waals surface area contributed by atoms with Crippen molar-refractivity contribution in [2.45, 2.75) is 46.7 Å². The molecule has 0 saturated heterocycles. The second kappa shape index (κ2) is 15.2. The van der Waals surface area contributed by atoms with Gasteiger partial charge in [0.2, 0.25) is 11.8 Å². The summed E-state index contributed by atoms with van der Waals surface area (Å²) in [4.78, 5) is 47.1. The number of hydrogen-bond donors (Lipinski definition) is 1. The molecular weight excluding hydrogens is 653 g/mol. The average molecular weight is 695 g/mol. The Balaban J connectivity index is 0.00000260. The molecular formula is C36H41Cl2N5O5. The molecule has 0 bridgehead atoms. The molecule has 254 valence electrons. The summed E-state index contributed by atoms with van der Waals surface area (Å²) >= 11 is 0. The van der Waals surface area contributed by atoms with Crippen LogP contribution in [0.25, 0.3) is 21.9 Å². The van der Waals surface area contributed by atoms with Gasteiger partial charge in [0.05, 0.1) is 29.8 Å². The first-order valence-electron chi connectivity index (χ1n) is 15.7. The molecule has 10 nitrogen and oxygen atoms in total. The highest BCUT2D eigenvalue weighted by Crippen LogP contribution is 2.40. The van der Waals surface area contributed by atoms with Gasteiger partial charge in [-0.2, -0.15) is 0 Å². The quantitative estimate of drug-likeness (QED) is 0.131. The number of aromatic nitrogens is 2. The van der Waals surface area contributed by atoms with E-state index in [-0.39, 0.29) is 42.2 Å². The van der Waals surface area contributed by atoms with Gasteiger partial charge in [-0.3, -0.25) is 19.4 Å². The average Bonchev–Trinajstić information content (AvgIpc) is 3.54. The van der Waals surface area contributed by atoms with Gasteiger partial charge in [-0.15, -0.1) is 24.8 Å². The van der Waals surface area contributed by atoms with Crippen molar-refractivity contribution in [1.82, 2.24) is 14.9 Å². The number of nitrogens with one attached hydrogen (secondary N) is 1. The highest BCUT2D eigenvalue weighted by molar-refractivity contribution is 6.20. The second-order valence-electron chi connectivity index (χ2n) is 12.1. The number of carbonyl (C=O) groups excluding carboxylic acids is 2. The van der Waals surface area contributed by atoms with Crippen LogP contribution >= 0.6 is 24.8 Å². The number of amides is 2. The largest absolute Gasteiger partial charge is 0.493 e. The van der Waals surface area contributed by atoms with Gasteiger partial charge in [0, 0.05) is 61.8 Å². The maximum Gasteiger partial charge on any atom is 0.294 e. The molecule has 0 spiro atoms. The minimum absolute atomic E-state index is 0. The van der Waals surface area contributed by atoms with Crippen molar-refractivity contribution in [2.24, 2.45) is 5.41 Å². The molecule has 0 aliphatic carbocycles. The van der Waals surface area contributed by atoms with Gasteiger partial charge < -0.3 is 28.8 Å². The molecule has 12 heteroatoms. The Hall–Kier alpha value is -4.38. The van der Waals surface area contributed by atoms with Gasteiger partial charge in [0.25, 0.3) is 5.56 Å². The SMILES string of the molecule is CCN1C(=O)C(C)(C)C(=O)N(C)c2cc(OCCCNCc3cc(CCn4ccc5ccoc5c4=O)nc4ccccc34)ccc21.Cl.Cl. The van der Waals surface area contributed by atoms with Crippen LogP contribution in [0.1, 0.15) is 38.4 Å². The topological polar surface area (TPSA) is 110 Å². The zero-order chi connectivity index (χ0) is 32.4. The number of anilines is 2. The Kier molecular flexibility index (Phi) is 11.6. The van der Waals surface area contributed by atoms with Crippen LogP contribution < -0.4 is 25.4 Å². The van der Waals surface area contributed by atoms with Gasteiger partial charge in [-0.25, -0.2) is 0 Å². The minimum Gasteiger partial charge on any atom is -0.493 e. The summed E-state index contributed by atoms with van der Waals surface area (Å²) in [6.45, 7) is 8.12. The molecule has 1 aliphatic rings. The van der Waals surface area contributed by atoms with Crippen molar-refractivity contribution in [3.05, 3.63) is 94.7 Å². The molecule has 5 aromatic rings. The van der Waals surface area contributed by atoms with E-state index in [1.807, 2.05) is 49.4 Å². The molecule has 1 aliphatic heterocycles. The molecule has 2 amide bonds. The van der Waals surface area contributed by atoms with E-state index in [4.69, 9.17) is 14.1 Å². The summed E-state index contributed by atoms with van der Waals surface area (Å²) < 4.78 is 13.1. The Morgan fingerprint density at radius 2 is 1.75 bits per heavy atom. The zero-order valence-corrected chi connectivity index (χ0v) is 29.2. The highest BCUT2D eigenvalue weighted by atomic mass is 35.5. The van der Waals surface area contributed by atoms with Crippen LogP contribution in [0, 0.1) is 5.41 Å². The maximum absolute atomic E-state index is 13.1. The Bertz CT molecular complexity index is 1990. The van der Waals surface area contributed by atoms with Crippen LogP contribution in [0.2, 0.25) is 0 Å². The zero-order valence-electron chi connectivity index (χ0n) is 27.5. The first-order valence-corrected chi connectivity index (χ1v) is 15.7. The predicted octanol–water partition coefficient (Wildman–Crippen LogP) is 6.14. The summed E-state index contributed by atoms with van der Waals surface area (Å²) in [5, 5.41) is 5.43. The lowest BCUT2D eigenvalue weighted by atomic mass is 9.90. The van der Waals surface area contributed by atoms with E-state index < -0.39 is 5.41 Å². The fourth-order valence-electron chi connectivity index (χ4n) is 6.07. The third-order valence-corrected chi connectivity index (χ3v) is 8.67. The van der Waals surface area contributed by atoms with Crippen LogP contribution in [0.4, 0.5) is 11.4 Å². The monoisotopic (exact) mass is 693 g/mol. The summed E-state index contributed by atoms with van der Waals surface area (Å²) in [7, 11) is 1.71. The summed E-state index contributed by atoms with van der Waals surface area (Å²) in [6.07, 6.45) is 4.72. The van der Waals surface area contributed by atoms with Crippen molar-refractivity contribution in [3.63, 3.8) is 0 Å². The van der Waals surface area contributed by atoms with E-state index in [2.05, 4.69) is 17.4 Å². The predicted molar refractivity (Wildman–Crippen MR) is 194 cm³/mol. The van der Waals surface area contributed by atoms with E-state index >= 15 is 0 Å². The van der Waals surface area contributed by atoms with E-state index in [9.17, 15) is 14.4 Å². The molecule has 2 aromatic carbocycles. The normalized spacial score (nSPS) is 14.0. The lowest BCUT2D eigenvalue weighted by molar-refractivity contribution is -0.137. The number of benzene rings is 2. The van der Waals surface area contributed by atoms with Gasteiger partial charge in [-0.05, 0) is 75.7 Å². The number of fused-ring (bicyclic) bond motifs is 3. The van der Waals surface area contributed by atoms with E-state index in [0.29, 0.717) is 55.4 Å². The Labute approximate surface area is 291 Å². The molecule has 6 rings (SSSR count). The minimum atomic E-state index is -1.15. The number of aryl methyl sites for hydroxylation is 2. The van der Waals surface area contributed by atoms with E-state index in [1.54, 1.807) is 47.5 Å². The van der Waals surface area contributed by atoms with Crippen molar-refractivity contribution in [1.29, 1.82) is 0 Å². The number of nitrogens with zero attached hydrogens (tertiary/aromatic N) is 4. The van der Waals surface area contributed by atoms with Crippen molar-refractivity contribution in [2.75, 3.05) is 36.5 Å². The van der Waals surface area contributed by atoms with Gasteiger partial charge in [-0.1, -0.05) is 18.2 Å². The molecule has 4 heterocycles. The van der Waals surface area contributed by atoms with Crippen molar-refractivity contribution < 1.29 is 18.7 Å². The third-order valence-electron chi connectivity index (χ3n) is 8.67. The standard InChI is InChI=1S/C36H39N5O5.2ClH/c1-5-41-30-12-11-27(22-31(30)39(4)34(43)36(2,3)35(41)44)45-19-8-16-37-23-25-21-26(38-29-10-7-6-9-28(25)29)14-18-40-17-13-24-15-20-46-32(24)33(40)42;;/h6-7,9-13,15,17,20-22,37H,5,8,14,16,18-19,23H2,1-4H3;2*1H. The number of ether oxygens (including phenoxy) is 1. The maximum atomic E-state index is 13.1. The van der Waals surface area contributed by atoms with Crippen molar-refractivity contribution >= 4 is 69.9 Å². The van der Waals surface area contributed by atoms with Crippen molar-refractivity contribution in [3.8, 4) is 5.75 Å². The Morgan fingerprint density at radius 1 is 0.958 bits per heavy atom. The smallest absolute Gasteiger partial charge is 0.294 e. The number of rotatable bonds is 11. The number of para-hydroxylation sites is 1. The molecule has 1 N–H and O–H groups in total. The molecule has 0 radical (unpaired) electrons. The van der Waals surface area contributed by atoms with E-state index in [0.717, 1.165) is 40.5 Å². The van der Waals surface area contributed by atoms with Gasteiger partial charge in [0.15, 0.2) is 5.58 Å². The summed E-state index contributed by atoms with van der Waals surface area (Å²) in [6, 6.07) is 19.4. The second-order valence-corrected chi connectivity index (χ2v) is 12.1. The molecule has 48 heavy (non-hydrogen) atoms. The lowest BCUT2D eigenvalue weighted by Crippen LogP contribution is -2.47. The number of pyridine rings is 2. The fourth-order valence-corrected chi connectivity index (χ4v) is 6.07. The molecule has 0 atom stereocenters. The summed E-state index contributed by atoms with van der Waals surface area (Å²) in [5.41, 5.74) is 3.44. The van der Waals surface area contributed by atoms with Crippen LogP contribution in [-0.2, 0) is 29.1 Å². The first kappa shape index (κ1) is 36.5. The van der Waals surface area contributed by atoms with Crippen LogP contribution in [0.15, 0.2) is 82.3 Å². The number of furan rings is 1. The molecule has 3 aromatic heterocycles. The number of carbonyl (C=O) groups is 2. The lowest BCUT2D eigenvalue weighted by Gasteiger charge is -2.27. The van der Waals surface area contributed by atoms with Crippen LogP contribution in [0.5, 0.6) is 5.75 Å². The number of hydrogen-bond acceptors (Lipinski definition) is 7. The molecule has 0 saturated carbocycles. The van der Waals surface area contributed by atoms with Crippen LogP contribution in [0.3, 0.4) is 0 Å². The van der Waals surface area contributed by atoms with E-state index in [1.165, 1.54) is 6.26 Å².